The van der Waals surface area contributed by atoms with Gasteiger partial charge in [0.05, 0.1) is 28.4 Å². The minimum absolute atomic E-state index is 0.0697. The van der Waals surface area contributed by atoms with Crippen LogP contribution in [0.4, 0.5) is 13.2 Å². The maximum atomic E-state index is 13.7. The van der Waals surface area contributed by atoms with Gasteiger partial charge < -0.3 is 10.5 Å². The molecule has 0 saturated carbocycles. The van der Waals surface area contributed by atoms with Crippen LogP contribution in [0.5, 0.6) is 5.88 Å². The minimum Gasteiger partial charge on any atom is -0.422 e. The molecule has 0 amide bonds. The Kier molecular flexibility index (Phi) is 4.31. The van der Waals surface area contributed by atoms with Gasteiger partial charge in [0, 0.05) is 0 Å². The molecule has 0 spiro atoms. The molecule has 0 radical (unpaired) electrons. The average molecular weight is 396 g/mol. The Hall–Kier alpha value is -3.73. The molecule has 8 heteroatoms. The molecule has 0 unspecified atom stereocenters. The van der Waals surface area contributed by atoms with Crippen LogP contribution in [0.2, 0.25) is 0 Å². The highest BCUT2D eigenvalue weighted by molar-refractivity contribution is 5.58. The van der Waals surface area contributed by atoms with Crippen LogP contribution in [0.15, 0.2) is 66.1 Å². The fourth-order valence-corrected chi connectivity index (χ4v) is 3.58. The summed E-state index contributed by atoms with van der Waals surface area (Å²) in [7, 11) is 0. The fourth-order valence-electron chi connectivity index (χ4n) is 3.58. The Labute approximate surface area is 164 Å². The molecule has 3 aromatic rings. The molecule has 1 aliphatic rings. The first-order valence-electron chi connectivity index (χ1n) is 8.71. The molecule has 146 valence electrons. The van der Waals surface area contributed by atoms with Crippen LogP contribution in [0.1, 0.15) is 28.3 Å². The summed E-state index contributed by atoms with van der Waals surface area (Å²) in [5.74, 6) is -1.08. The second kappa shape index (κ2) is 6.71. The highest BCUT2D eigenvalue weighted by atomic mass is 19.4. The molecule has 2 heterocycles. The molecular weight excluding hydrogens is 381 g/mol. The van der Waals surface area contributed by atoms with Gasteiger partial charge in [0.15, 0.2) is 0 Å². The van der Waals surface area contributed by atoms with Crippen molar-refractivity contribution in [2.45, 2.75) is 19.0 Å². The number of rotatable bonds is 2. The maximum Gasteiger partial charge on any atom is 0.416 e. The summed E-state index contributed by atoms with van der Waals surface area (Å²) in [5, 5.41) is 14.1. The SMILES string of the molecule is Cc1nn(-c2ccccc2)c2c1[C@H](c1ccccc1C(F)(F)F)C(C#N)=C(N)O2. The van der Waals surface area contributed by atoms with Crippen molar-refractivity contribution in [3.63, 3.8) is 0 Å². The van der Waals surface area contributed by atoms with E-state index in [1.165, 1.54) is 22.9 Å². The lowest BCUT2D eigenvalue weighted by atomic mass is 9.82. The number of para-hydroxylation sites is 1. The van der Waals surface area contributed by atoms with Crippen LogP contribution >= 0.6 is 0 Å². The first kappa shape index (κ1) is 18.6. The van der Waals surface area contributed by atoms with Gasteiger partial charge in [-0.25, -0.2) is 4.68 Å². The molecule has 2 aromatic carbocycles. The fraction of sp³-hybridized carbons (Fsp3) is 0.143. The van der Waals surface area contributed by atoms with Gasteiger partial charge in [-0.05, 0) is 30.7 Å². The monoisotopic (exact) mass is 396 g/mol. The number of allylic oxidation sites excluding steroid dienone is 1. The van der Waals surface area contributed by atoms with Gasteiger partial charge in [0.2, 0.25) is 11.8 Å². The topological polar surface area (TPSA) is 76.9 Å². The number of nitrogens with zero attached hydrogens (tertiary/aromatic N) is 3. The van der Waals surface area contributed by atoms with Gasteiger partial charge >= 0.3 is 6.18 Å². The molecule has 0 fully saturated rings. The van der Waals surface area contributed by atoms with Crippen molar-refractivity contribution in [1.29, 1.82) is 5.26 Å². The number of hydrogen-bond acceptors (Lipinski definition) is 4. The molecular formula is C21H15F3N4O. The van der Waals surface area contributed by atoms with Crippen molar-refractivity contribution in [3.05, 3.63) is 88.4 Å². The Bertz CT molecular complexity index is 1160. The summed E-state index contributed by atoms with van der Waals surface area (Å²) in [6, 6.07) is 16.1. The van der Waals surface area contributed by atoms with Crippen molar-refractivity contribution in [2.24, 2.45) is 5.73 Å². The van der Waals surface area contributed by atoms with Crippen LogP contribution < -0.4 is 10.5 Å². The minimum atomic E-state index is -4.59. The summed E-state index contributed by atoms with van der Waals surface area (Å²) in [5.41, 5.74) is 6.48. The third-order valence-electron chi connectivity index (χ3n) is 4.81. The largest absolute Gasteiger partial charge is 0.422 e. The van der Waals surface area contributed by atoms with Crippen LogP contribution in [-0.2, 0) is 6.18 Å². The molecule has 5 nitrogen and oxygen atoms in total. The molecule has 1 atom stereocenters. The van der Waals surface area contributed by atoms with Gasteiger partial charge in [-0.3, -0.25) is 0 Å². The van der Waals surface area contributed by atoms with E-state index in [2.05, 4.69) is 5.10 Å². The number of nitrogens with two attached hydrogens (primary N) is 1. The zero-order chi connectivity index (χ0) is 20.8. The van der Waals surface area contributed by atoms with Crippen molar-refractivity contribution in [1.82, 2.24) is 9.78 Å². The number of benzene rings is 2. The normalized spacial score (nSPS) is 16.2. The lowest BCUT2D eigenvalue weighted by Crippen LogP contribution is -2.24. The Morgan fingerprint density at radius 1 is 1.10 bits per heavy atom. The van der Waals surface area contributed by atoms with E-state index < -0.39 is 17.7 Å². The third-order valence-corrected chi connectivity index (χ3v) is 4.81. The first-order valence-corrected chi connectivity index (χ1v) is 8.71. The van der Waals surface area contributed by atoms with Crippen molar-refractivity contribution in [2.75, 3.05) is 0 Å². The molecule has 0 aliphatic carbocycles. The van der Waals surface area contributed by atoms with E-state index in [0.29, 0.717) is 16.9 Å². The number of fused-ring (bicyclic) bond motifs is 1. The van der Waals surface area contributed by atoms with Gasteiger partial charge in [-0.15, -0.1) is 0 Å². The maximum absolute atomic E-state index is 13.7. The van der Waals surface area contributed by atoms with E-state index in [4.69, 9.17) is 10.5 Å². The van der Waals surface area contributed by atoms with Crippen molar-refractivity contribution < 1.29 is 17.9 Å². The van der Waals surface area contributed by atoms with E-state index in [1.54, 1.807) is 31.2 Å². The van der Waals surface area contributed by atoms with E-state index in [1.807, 2.05) is 12.1 Å². The number of halogens is 3. The quantitative estimate of drug-likeness (QED) is 0.696. The standard InChI is InChI=1S/C21H15F3N4O/c1-12-17-18(14-9-5-6-10-16(14)21(22,23)24)15(11-25)19(26)29-20(17)28(27-12)13-7-3-2-4-8-13/h2-10,18H,26H2,1H3/t18-/m1/s1. The van der Waals surface area contributed by atoms with Crippen LogP contribution in [0, 0.1) is 18.3 Å². The van der Waals surface area contributed by atoms with E-state index in [9.17, 15) is 18.4 Å². The zero-order valence-corrected chi connectivity index (χ0v) is 15.2. The molecule has 1 aliphatic heterocycles. The Balaban J connectivity index is 2.01. The summed E-state index contributed by atoms with van der Waals surface area (Å²) in [6.45, 7) is 1.67. The average Bonchev–Trinajstić information content (AvgIpc) is 3.03. The van der Waals surface area contributed by atoms with Crippen LogP contribution in [-0.4, -0.2) is 9.78 Å². The van der Waals surface area contributed by atoms with Gasteiger partial charge in [0.1, 0.15) is 11.6 Å². The number of hydrogen-bond donors (Lipinski definition) is 1. The van der Waals surface area contributed by atoms with E-state index in [-0.39, 0.29) is 22.9 Å². The zero-order valence-electron chi connectivity index (χ0n) is 15.2. The summed E-state index contributed by atoms with van der Waals surface area (Å²) in [4.78, 5) is 0. The molecule has 1 aromatic heterocycles. The predicted octanol–water partition coefficient (Wildman–Crippen LogP) is 4.42. The van der Waals surface area contributed by atoms with Gasteiger partial charge in [-0.2, -0.15) is 23.5 Å². The number of nitriles is 1. The highest BCUT2D eigenvalue weighted by Gasteiger charge is 2.41. The first-order chi connectivity index (χ1) is 13.8. The third kappa shape index (κ3) is 3.01. The van der Waals surface area contributed by atoms with Crippen molar-refractivity contribution >= 4 is 0 Å². The Morgan fingerprint density at radius 3 is 2.41 bits per heavy atom. The van der Waals surface area contributed by atoms with E-state index >= 15 is 0 Å². The van der Waals surface area contributed by atoms with Crippen LogP contribution in [0.3, 0.4) is 0 Å². The van der Waals surface area contributed by atoms with Gasteiger partial charge in [0.25, 0.3) is 0 Å². The second-order valence-corrected chi connectivity index (χ2v) is 6.56. The summed E-state index contributed by atoms with van der Waals surface area (Å²) >= 11 is 0. The summed E-state index contributed by atoms with van der Waals surface area (Å²) in [6.07, 6.45) is -4.59. The molecule has 4 rings (SSSR count). The lowest BCUT2D eigenvalue weighted by molar-refractivity contribution is -0.138. The lowest BCUT2D eigenvalue weighted by Gasteiger charge is -2.27. The number of ether oxygens (including phenoxy) is 1. The molecule has 29 heavy (non-hydrogen) atoms. The number of aromatic nitrogens is 2. The predicted molar refractivity (Wildman–Crippen MR) is 99.0 cm³/mol. The molecule has 0 bridgehead atoms. The molecule has 0 saturated heterocycles. The van der Waals surface area contributed by atoms with Crippen LogP contribution in [0.25, 0.3) is 5.69 Å². The smallest absolute Gasteiger partial charge is 0.416 e. The van der Waals surface area contributed by atoms with E-state index in [0.717, 1.165) is 6.07 Å². The highest BCUT2D eigenvalue weighted by Crippen LogP contribution is 2.47. The summed E-state index contributed by atoms with van der Waals surface area (Å²) < 4.78 is 48.2. The van der Waals surface area contributed by atoms with Crippen molar-refractivity contribution in [3.8, 4) is 17.6 Å². The van der Waals surface area contributed by atoms with Gasteiger partial charge in [-0.1, -0.05) is 36.4 Å². The number of aryl methyl sites for hydroxylation is 1. The number of alkyl halides is 3. The molecule has 2 N–H and O–H groups in total. The second-order valence-electron chi connectivity index (χ2n) is 6.56. The Morgan fingerprint density at radius 2 is 1.76 bits per heavy atom.